The van der Waals surface area contributed by atoms with Gasteiger partial charge < -0.3 is 9.84 Å². The summed E-state index contributed by atoms with van der Waals surface area (Å²) in [5, 5.41) is 21.2. The summed E-state index contributed by atoms with van der Waals surface area (Å²) in [5.41, 5.74) is -0.211. The lowest BCUT2D eigenvalue weighted by Gasteiger charge is -2.05. The third-order valence-electron chi connectivity index (χ3n) is 2.40. The van der Waals surface area contributed by atoms with Gasteiger partial charge in [-0.2, -0.15) is 0 Å². The van der Waals surface area contributed by atoms with Gasteiger partial charge in [0.1, 0.15) is 5.75 Å². The summed E-state index contributed by atoms with van der Waals surface area (Å²) in [6.45, 7) is 1.52. The first kappa shape index (κ1) is 15.1. The maximum Gasteiger partial charge on any atom is 0.323 e. The lowest BCUT2D eigenvalue weighted by molar-refractivity contribution is -0.385. The number of halogens is 2. The van der Waals surface area contributed by atoms with Crippen molar-refractivity contribution in [2.45, 2.75) is 13.0 Å². The number of aliphatic hydroxyl groups excluding tert-OH is 1. The van der Waals surface area contributed by atoms with Crippen LogP contribution in [0.15, 0.2) is 24.3 Å². The van der Waals surface area contributed by atoms with E-state index in [2.05, 4.69) is 0 Å². The third-order valence-corrected chi connectivity index (χ3v) is 4.11. The highest BCUT2D eigenvalue weighted by atomic mass is 35.5. The minimum absolute atomic E-state index is 0.0649. The molecule has 1 aromatic carbocycles. The molecule has 0 saturated carbocycles. The van der Waals surface area contributed by atoms with Crippen LogP contribution in [0.2, 0.25) is 10.0 Å². The second-order valence-corrected chi connectivity index (χ2v) is 5.82. The molecule has 0 spiro atoms. The van der Waals surface area contributed by atoms with Crippen LogP contribution in [0.5, 0.6) is 10.8 Å². The molecule has 1 unspecified atom stereocenters. The highest BCUT2D eigenvalue weighted by Crippen LogP contribution is 2.43. The van der Waals surface area contributed by atoms with E-state index in [4.69, 9.17) is 27.9 Å². The van der Waals surface area contributed by atoms with Crippen LogP contribution in [-0.2, 0) is 0 Å². The van der Waals surface area contributed by atoms with Crippen LogP contribution in [0.3, 0.4) is 0 Å². The smallest absolute Gasteiger partial charge is 0.323 e. The van der Waals surface area contributed by atoms with Gasteiger partial charge >= 0.3 is 5.69 Å². The van der Waals surface area contributed by atoms with Crippen molar-refractivity contribution in [2.75, 3.05) is 0 Å². The summed E-state index contributed by atoms with van der Waals surface area (Å²) >= 11 is 12.7. The Labute approximate surface area is 128 Å². The predicted molar refractivity (Wildman–Crippen MR) is 78.1 cm³/mol. The van der Waals surface area contributed by atoms with Crippen molar-refractivity contribution < 1.29 is 14.8 Å². The molecule has 0 saturated heterocycles. The molecule has 20 heavy (non-hydrogen) atoms. The van der Waals surface area contributed by atoms with E-state index in [1.54, 1.807) is 6.07 Å². The molecular weight excluding hydrogens is 325 g/mol. The Hall–Kier alpha value is -1.34. The van der Waals surface area contributed by atoms with Gasteiger partial charge in [-0.15, -0.1) is 0 Å². The van der Waals surface area contributed by atoms with Crippen molar-refractivity contribution in [1.82, 2.24) is 0 Å². The van der Waals surface area contributed by atoms with Gasteiger partial charge in [-0.05, 0) is 25.1 Å². The molecule has 0 radical (unpaired) electrons. The van der Waals surface area contributed by atoms with Gasteiger partial charge in [-0.1, -0.05) is 34.5 Å². The topological polar surface area (TPSA) is 72.6 Å². The molecule has 1 N–H and O–H groups in total. The number of ether oxygens (including phenoxy) is 1. The average molecular weight is 334 g/mol. The SMILES string of the molecule is CC(O)c1cc([N+](=O)[O-])c(Oc2ccc(Cl)cc2Cl)s1. The molecule has 8 heteroatoms. The molecular formula is C12H9Cl2NO4S. The zero-order valence-electron chi connectivity index (χ0n) is 10.2. The molecule has 2 aromatic rings. The van der Waals surface area contributed by atoms with E-state index in [1.165, 1.54) is 25.1 Å². The first-order chi connectivity index (χ1) is 9.38. The lowest BCUT2D eigenvalue weighted by Crippen LogP contribution is -1.90. The molecule has 0 aliphatic rings. The number of nitrogens with zero attached hydrogens (tertiary/aromatic N) is 1. The molecule has 1 aromatic heterocycles. The van der Waals surface area contributed by atoms with Crippen molar-refractivity contribution in [1.29, 1.82) is 0 Å². The fraction of sp³-hybridized carbons (Fsp3) is 0.167. The Morgan fingerprint density at radius 1 is 1.40 bits per heavy atom. The Balaban J connectivity index is 2.39. The number of benzene rings is 1. The van der Waals surface area contributed by atoms with Crippen LogP contribution in [0.1, 0.15) is 17.9 Å². The Kier molecular flexibility index (Phi) is 4.49. The number of rotatable bonds is 4. The van der Waals surface area contributed by atoms with E-state index in [0.29, 0.717) is 9.90 Å². The zero-order valence-corrected chi connectivity index (χ0v) is 12.5. The predicted octanol–water partition coefficient (Wildman–Crippen LogP) is 4.81. The maximum atomic E-state index is 11.0. The Morgan fingerprint density at radius 3 is 2.65 bits per heavy atom. The number of aliphatic hydroxyl groups is 1. The first-order valence-corrected chi connectivity index (χ1v) is 7.05. The van der Waals surface area contributed by atoms with Crippen molar-refractivity contribution in [3.63, 3.8) is 0 Å². The summed E-state index contributed by atoms with van der Waals surface area (Å²) in [7, 11) is 0. The molecule has 5 nitrogen and oxygen atoms in total. The quantitative estimate of drug-likeness (QED) is 0.643. The van der Waals surface area contributed by atoms with Gasteiger partial charge in [-0.25, -0.2) is 0 Å². The normalized spacial score (nSPS) is 12.2. The number of nitro groups is 1. The first-order valence-electron chi connectivity index (χ1n) is 5.47. The molecule has 0 amide bonds. The van der Waals surface area contributed by atoms with Crippen LogP contribution >= 0.6 is 34.5 Å². The van der Waals surface area contributed by atoms with E-state index in [-0.39, 0.29) is 21.5 Å². The molecule has 0 aliphatic heterocycles. The van der Waals surface area contributed by atoms with Gasteiger partial charge in [0.15, 0.2) is 0 Å². The van der Waals surface area contributed by atoms with Crippen LogP contribution in [0.25, 0.3) is 0 Å². The number of hydrogen-bond acceptors (Lipinski definition) is 5. The highest BCUT2D eigenvalue weighted by molar-refractivity contribution is 7.14. The Morgan fingerprint density at radius 2 is 2.10 bits per heavy atom. The van der Waals surface area contributed by atoms with Gasteiger partial charge in [0, 0.05) is 16.0 Å². The van der Waals surface area contributed by atoms with Gasteiger partial charge in [0.2, 0.25) is 0 Å². The van der Waals surface area contributed by atoms with Crippen molar-refractivity contribution in [3.8, 4) is 10.8 Å². The van der Waals surface area contributed by atoms with Crippen LogP contribution in [0, 0.1) is 10.1 Å². The molecule has 1 heterocycles. The summed E-state index contributed by atoms with van der Waals surface area (Å²) in [5.74, 6) is 0.262. The highest BCUT2D eigenvalue weighted by Gasteiger charge is 2.23. The summed E-state index contributed by atoms with van der Waals surface area (Å²) in [4.78, 5) is 10.9. The fourth-order valence-electron chi connectivity index (χ4n) is 1.45. The van der Waals surface area contributed by atoms with Crippen LogP contribution < -0.4 is 4.74 Å². The summed E-state index contributed by atoms with van der Waals surface area (Å²) in [6, 6.07) is 5.86. The van der Waals surface area contributed by atoms with Gasteiger partial charge in [0.05, 0.1) is 16.0 Å². The largest absolute Gasteiger partial charge is 0.438 e. The van der Waals surface area contributed by atoms with E-state index in [9.17, 15) is 15.2 Å². The summed E-state index contributed by atoms with van der Waals surface area (Å²) < 4.78 is 5.46. The van der Waals surface area contributed by atoms with Gasteiger partial charge in [0.25, 0.3) is 5.06 Å². The van der Waals surface area contributed by atoms with Crippen LogP contribution in [0.4, 0.5) is 5.69 Å². The molecule has 0 bridgehead atoms. The molecule has 1 atom stereocenters. The van der Waals surface area contributed by atoms with Crippen LogP contribution in [-0.4, -0.2) is 10.0 Å². The van der Waals surface area contributed by atoms with E-state index >= 15 is 0 Å². The standard InChI is InChI=1S/C12H9Cl2NO4S/c1-6(16)11-5-9(15(17)18)12(20-11)19-10-3-2-7(13)4-8(10)14/h2-6,16H,1H3. The van der Waals surface area contributed by atoms with Crippen molar-refractivity contribution in [2.24, 2.45) is 0 Å². The minimum Gasteiger partial charge on any atom is -0.438 e. The Bertz CT molecular complexity index is 657. The van der Waals surface area contributed by atoms with Crippen molar-refractivity contribution in [3.05, 3.63) is 49.3 Å². The second-order valence-electron chi connectivity index (χ2n) is 3.93. The van der Waals surface area contributed by atoms with E-state index < -0.39 is 11.0 Å². The number of thiophene rings is 1. The second kappa shape index (κ2) is 5.97. The van der Waals surface area contributed by atoms with E-state index in [0.717, 1.165) is 11.3 Å². The number of hydrogen-bond donors (Lipinski definition) is 1. The summed E-state index contributed by atoms with van der Waals surface area (Å²) in [6.07, 6.45) is -0.809. The molecule has 2 rings (SSSR count). The molecule has 0 aliphatic carbocycles. The van der Waals surface area contributed by atoms with Gasteiger partial charge in [-0.3, -0.25) is 10.1 Å². The zero-order chi connectivity index (χ0) is 14.9. The molecule has 106 valence electrons. The third kappa shape index (κ3) is 3.21. The fourth-order valence-corrected chi connectivity index (χ4v) is 2.82. The van der Waals surface area contributed by atoms with E-state index in [1.807, 2.05) is 0 Å². The lowest BCUT2D eigenvalue weighted by atomic mass is 10.3. The maximum absolute atomic E-state index is 11.0. The monoisotopic (exact) mass is 333 g/mol. The minimum atomic E-state index is -0.809. The van der Waals surface area contributed by atoms with Crippen molar-refractivity contribution >= 4 is 40.2 Å². The average Bonchev–Trinajstić information content (AvgIpc) is 2.77. The molecule has 0 fully saturated rings.